The van der Waals surface area contributed by atoms with Gasteiger partial charge in [0, 0.05) is 26.0 Å². The first kappa shape index (κ1) is 13.9. The van der Waals surface area contributed by atoms with Gasteiger partial charge >= 0.3 is 0 Å². The molecule has 0 unspecified atom stereocenters. The van der Waals surface area contributed by atoms with Crippen molar-refractivity contribution in [1.29, 1.82) is 0 Å². The lowest BCUT2D eigenvalue weighted by atomic mass is 10.1. The average Bonchev–Trinajstić information content (AvgIpc) is 2.43. The van der Waals surface area contributed by atoms with Crippen LogP contribution in [-0.4, -0.2) is 22.8 Å². The number of pyridine rings is 1. The lowest BCUT2D eigenvalue weighted by molar-refractivity contribution is 0.0780. The second kappa shape index (κ2) is 5.64. The number of hydrogen-bond acceptors (Lipinski definition) is 3. The number of rotatable bonds is 3. The number of nitrogens with zero attached hydrogens (tertiary/aromatic N) is 2. The number of carbonyl (C=O) groups is 1. The SMILES string of the molecule is CN(Cc1cccnc1)C(=O)c1cc(F)cc(N)c1F. The predicted molar refractivity (Wildman–Crippen MR) is 70.8 cm³/mol. The highest BCUT2D eigenvalue weighted by molar-refractivity contribution is 5.95. The minimum Gasteiger partial charge on any atom is -0.396 e. The van der Waals surface area contributed by atoms with Gasteiger partial charge in [-0.2, -0.15) is 0 Å². The maximum atomic E-state index is 13.8. The fourth-order valence-electron chi connectivity index (χ4n) is 1.81. The normalized spacial score (nSPS) is 10.3. The summed E-state index contributed by atoms with van der Waals surface area (Å²) < 4.78 is 27.0. The lowest BCUT2D eigenvalue weighted by Crippen LogP contribution is -2.27. The molecule has 1 aromatic carbocycles. The molecule has 4 nitrogen and oxygen atoms in total. The zero-order chi connectivity index (χ0) is 14.7. The summed E-state index contributed by atoms with van der Waals surface area (Å²) in [6, 6.07) is 5.20. The fourth-order valence-corrected chi connectivity index (χ4v) is 1.81. The zero-order valence-corrected chi connectivity index (χ0v) is 10.8. The molecule has 1 amide bonds. The van der Waals surface area contributed by atoms with Crippen molar-refractivity contribution in [2.24, 2.45) is 0 Å². The number of benzene rings is 1. The van der Waals surface area contributed by atoms with Gasteiger partial charge in [-0.25, -0.2) is 8.78 Å². The topological polar surface area (TPSA) is 59.2 Å². The van der Waals surface area contributed by atoms with Crippen LogP contribution in [0.15, 0.2) is 36.7 Å². The summed E-state index contributed by atoms with van der Waals surface area (Å²) >= 11 is 0. The highest BCUT2D eigenvalue weighted by Gasteiger charge is 2.19. The molecule has 0 saturated heterocycles. The first-order chi connectivity index (χ1) is 9.49. The largest absolute Gasteiger partial charge is 0.396 e. The van der Waals surface area contributed by atoms with Crippen LogP contribution in [0.25, 0.3) is 0 Å². The minimum absolute atomic E-state index is 0.239. The van der Waals surface area contributed by atoms with Gasteiger partial charge in [-0.3, -0.25) is 9.78 Å². The quantitative estimate of drug-likeness (QED) is 0.875. The molecule has 0 saturated carbocycles. The summed E-state index contributed by atoms with van der Waals surface area (Å²) in [5.74, 6) is -2.30. The van der Waals surface area contributed by atoms with Crippen molar-refractivity contribution >= 4 is 11.6 Å². The summed E-state index contributed by atoms with van der Waals surface area (Å²) in [5.41, 5.74) is 5.33. The van der Waals surface area contributed by atoms with Gasteiger partial charge < -0.3 is 10.6 Å². The van der Waals surface area contributed by atoms with E-state index in [9.17, 15) is 13.6 Å². The first-order valence-corrected chi connectivity index (χ1v) is 5.88. The lowest BCUT2D eigenvalue weighted by Gasteiger charge is -2.18. The third-order valence-corrected chi connectivity index (χ3v) is 2.79. The van der Waals surface area contributed by atoms with Gasteiger partial charge in [-0.15, -0.1) is 0 Å². The van der Waals surface area contributed by atoms with E-state index in [0.717, 1.165) is 17.7 Å². The molecule has 0 aliphatic carbocycles. The van der Waals surface area contributed by atoms with Crippen molar-refractivity contribution in [3.63, 3.8) is 0 Å². The summed E-state index contributed by atoms with van der Waals surface area (Å²) in [6.07, 6.45) is 3.21. The van der Waals surface area contributed by atoms with E-state index in [0.29, 0.717) is 0 Å². The molecule has 0 radical (unpaired) electrons. The Labute approximate surface area is 114 Å². The molecule has 0 fully saturated rings. The monoisotopic (exact) mass is 277 g/mol. The van der Waals surface area contributed by atoms with Crippen LogP contribution in [0.2, 0.25) is 0 Å². The van der Waals surface area contributed by atoms with E-state index < -0.39 is 17.5 Å². The summed E-state index contributed by atoms with van der Waals surface area (Å²) in [6.45, 7) is 0.239. The van der Waals surface area contributed by atoms with E-state index in [2.05, 4.69) is 4.98 Å². The number of nitrogen functional groups attached to an aromatic ring is 1. The Morgan fingerprint density at radius 1 is 1.40 bits per heavy atom. The Kier molecular flexibility index (Phi) is 3.93. The van der Waals surface area contributed by atoms with Crippen molar-refractivity contribution in [2.75, 3.05) is 12.8 Å². The molecule has 0 spiro atoms. The molecule has 0 aliphatic rings. The molecule has 2 aromatic rings. The van der Waals surface area contributed by atoms with Crippen molar-refractivity contribution in [3.8, 4) is 0 Å². The highest BCUT2D eigenvalue weighted by atomic mass is 19.1. The Bertz CT molecular complexity index is 632. The van der Waals surface area contributed by atoms with Gasteiger partial charge in [0.1, 0.15) is 5.82 Å². The fraction of sp³-hybridized carbons (Fsp3) is 0.143. The minimum atomic E-state index is -0.908. The molecule has 6 heteroatoms. The second-order valence-electron chi connectivity index (χ2n) is 4.38. The van der Waals surface area contributed by atoms with E-state index in [1.54, 1.807) is 24.5 Å². The Morgan fingerprint density at radius 2 is 2.15 bits per heavy atom. The second-order valence-corrected chi connectivity index (χ2v) is 4.38. The molecule has 2 rings (SSSR count). The number of anilines is 1. The third-order valence-electron chi connectivity index (χ3n) is 2.79. The summed E-state index contributed by atoms with van der Waals surface area (Å²) in [7, 11) is 1.50. The molecule has 0 aliphatic heterocycles. The number of amides is 1. The summed E-state index contributed by atoms with van der Waals surface area (Å²) in [4.78, 5) is 17.3. The molecular formula is C14H13F2N3O. The average molecular weight is 277 g/mol. The van der Waals surface area contributed by atoms with Crippen molar-refractivity contribution in [3.05, 3.63) is 59.4 Å². The van der Waals surface area contributed by atoms with Crippen LogP contribution in [0.3, 0.4) is 0 Å². The third kappa shape index (κ3) is 2.90. The first-order valence-electron chi connectivity index (χ1n) is 5.88. The number of aromatic nitrogens is 1. The van der Waals surface area contributed by atoms with E-state index in [4.69, 9.17) is 5.73 Å². The number of carbonyl (C=O) groups excluding carboxylic acids is 1. The van der Waals surface area contributed by atoms with Crippen LogP contribution in [0.5, 0.6) is 0 Å². The predicted octanol–water partition coefficient (Wildman–Crippen LogP) is 2.21. The van der Waals surface area contributed by atoms with Crippen LogP contribution in [0, 0.1) is 11.6 Å². The van der Waals surface area contributed by atoms with E-state index in [-0.39, 0.29) is 17.8 Å². The number of halogens is 2. The molecule has 0 bridgehead atoms. The Morgan fingerprint density at radius 3 is 2.80 bits per heavy atom. The zero-order valence-electron chi connectivity index (χ0n) is 10.8. The van der Waals surface area contributed by atoms with Gasteiger partial charge in [0.05, 0.1) is 11.3 Å². The van der Waals surface area contributed by atoms with Gasteiger partial charge in [-0.1, -0.05) is 6.07 Å². The standard InChI is InChI=1S/C14H13F2N3O/c1-19(8-9-3-2-4-18-7-9)14(20)11-5-10(15)6-12(17)13(11)16/h2-7H,8,17H2,1H3. The molecule has 1 heterocycles. The Hall–Kier alpha value is -2.50. The van der Waals surface area contributed by atoms with Gasteiger partial charge in [-0.05, 0) is 23.8 Å². The van der Waals surface area contributed by atoms with E-state index >= 15 is 0 Å². The van der Waals surface area contributed by atoms with Crippen LogP contribution < -0.4 is 5.73 Å². The molecule has 1 aromatic heterocycles. The van der Waals surface area contributed by atoms with E-state index in [1.807, 2.05) is 0 Å². The maximum absolute atomic E-state index is 13.8. The smallest absolute Gasteiger partial charge is 0.257 e. The highest BCUT2D eigenvalue weighted by Crippen LogP contribution is 2.19. The van der Waals surface area contributed by atoms with Crippen LogP contribution in [0.4, 0.5) is 14.5 Å². The van der Waals surface area contributed by atoms with Gasteiger partial charge in [0.2, 0.25) is 0 Å². The molecule has 20 heavy (non-hydrogen) atoms. The summed E-state index contributed by atoms with van der Waals surface area (Å²) in [5, 5.41) is 0. The van der Waals surface area contributed by atoms with Crippen molar-refractivity contribution < 1.29 is 13.6 Å². The molecule has 2 N–H and O–H groups in total. The Balaban J connectivity index is 2.23. The molecule has 0 atom stereocenters. The van der Waals surface area contributed by atoms with Crippen LogP contribution in [-0.2, 0) is 6.54 Å². The number of nitrogens with two attached hydrogens (primary N) is 1. The van der Waals surface area contributed by atoms with Crippen LogP contribution >= 0.6 is 0 Å². The van der Waals surface area contributed by atoms with Gasteiger partial charge in [0.15, 0.2) is 5.82 Å². The molecule has 104 valence electrons. The van der Waals surface area contributed by atoms with E-state index in [1.165, 1.54) is 11.9 Å². The van der Waals surface area contributed by atoms with Crippen molar-refractivity contribution in [2.45, 2.75) is 6.54 Å². The van der Waals surface area contributed by atoms with Gasteiger partial charge in [0.25, 0.3) is 5.91 Å². The van der Waals surface area contributed by atoms with Crippen molar-refractivity contribution in [1.82, 2.24) is 9.88 Å². The maximum Gasteiger partial charge on any atom is 0.257 e. The molecular weight excluding hydrogens is 264 g/mol. The number of hydrogen-bond donors (Lipinski definition) is 1. The van der Waals surface area contributed by atoms with Crippen LogP contribution in [0.1, 0.15) is 15.9 Å².